The summed E-state index contributed by atoms with van der Waals surface area (Å²) in [6.45, 7) is 1.85. The smallest absolute Gasteiger partial charge is 0.259 e. The second kappa shape index (κ2) is 22.0. The maximum atomic E-state index is 11.6. The summed E-state index contributed by atoms with van der Waals surface area (Å²) in [4.78, 5) is 0. The van der Waals surface area contributed by atoms with Crippen LogP contribution < -0.4 is 37.1 Å². The predicted molar refractivity (Wildman–Crippen MR) is 283 cm³/mol. The number of fused-ring (bicyclic) bond motifs is 4. The zero-order valence-corrected chi connectivity index (χ0v) is 44.1. The average Bonchev–Trinajstić information content (AvgIpc) is 3.85. The summed E-state index contributed by atoms with van der Waals surface area (Å²) in [6, 6.07) is 21.5. The van der Waals surface area contributed by atoms with Crippen molar-refractivity contribution in [2.24, 2.45) is 40.5 Å². The van der Waals surface area contributed by atoms with E-state index >= 15 is 0 Å². The van der Waals surface area contributed by atoms with Gasteiger partial charge in [-0.05, 0) is 91.5 Å². The number of rotatable bonds is 8. The van der Waals surface area contributed by atoms with Crippen LogP contribution in [0.2, 0.25) is 0 Å². The van der Waals surface area contributed by atoms with Gasteiger partial charge in [-0.3, -0.25) is 0 Å². The van der Waals surface area contributed by atoms with Crippen LogP contribution in [0.4, 0.5) is 0 Å². The van der Waals surface area contributed by atoms with Crippen molar-refractivity contribution >= 4 is 69.2 Å². The van der Waals surface area contributed by atoms with Crippen LogP contribution in [0, 0.1) is 0 Å². The van der Waals surface area contributed by atoms with E-state index in [4.69, 9.17) is 46.6 Å². The maximum absolute atomic E-state index is 11.6. The minimum Gasteiger partial charge on any atom is -0.493 e. The molecule has 0 bridgehead atoms. The van der Waals surface area contributed by atoms with Gasteiger partial charge < -0.3 is 46.6 Å². The summed E-state index contributed by atoms with van der Waals surface area (Å²) in [5.74, 6) is 2.27. The number of benzene rings is 4. The Bertz CT molecular complexity index is 3490. The van der Waals surface area contributed by atoms with Gasteiger partial charge in [0.25, 0.3) is 40.1 Å². The minimum atomic E-state index is -3.50. The fraction of sp³-hybridized carbons (Fsp3) is 0.400. The van der Waals surface area contributed by atoms with Crippen molar-refractivity contribution in [3.05, 3.63) is 129 Å². The largest absolute Gasteiger partial charge is 0.493 e. The lowest BCUT2D eigenvalue weighted by atomic mass is 9.96. The molecule has 0 spiro atoms. The lowest BCUT2D eigenvalue weighted by molar-refractivity contribution is -0.0721. The topological polar surface area (TPSA) is 336 Å². The molecule has 2 saturated carbocycles. The Kier molecular flexibility index (Phi) is 15.6. The summed E-state index contributed by atoms with van der Waals surface area (Å²) in [7, 11) is -13.9. The van der Waals surface area contributed by atoms with Gasteiger partial charge in [0.2, 0.25) is 0 Å². The summed E-state index contributed by atoms with van der Waals surface area (Å²) < 4.78 is 135. The molecule has 75 heavy (non-hydrogen) atoms. The van der Waals surface area contributed by atoms with E-state index in [2.05, 4.69) is 17.6 Å². The fourth-order valence-corrected chi connectivity index (χ4v) is 13.8. The summed E-state index contributed by atoms with van der Waals surface area (Å²) in [6.07, 6.45) is 13.3. The third-order valence-electron chi connectivity index (χ3n) is 13.2. The standard InChI is InChI=1S/C14H18N2O3S.C12H14N2O4S.C12H14N2O3S.C12H12N2O3S/c15-14-13-10(9-20(17,18)16-14)5-4-8-12(13)19-11-6-2-1-3-7-11;13-12-11-8(7-19(15,16)14-12)2-1-3-10(11)18-6-9-4-5-17-9;13-12-11-8(7-18(15,16)14-12)3-1-6-10(11)17-9-4-2-5-9;13-12-11-8(7-18(15,16)14-12)3-1-4-9(11)10-5-2-6-17-10/h4-5,8,11H,1-3,6-7,9H2,(H2,15,16);1-3,9H,4-7H2,(H2,13,14);1,3,6,9H,2,4-5,7H2,(H2,13,14);1,3-5H,2,6-7H2,(H2,13,14). The Hall–Kier alpha value is -6.54. The monoisotopic (exact) mass is 1110 g/mol. The van der Waals surface area contributed by atoms with Gasteiger partial charge in [0.15, 0.2) is 0 Å². The maximum Gasteiger partial charge on any atom is 0.259 e. The highest BCUT2D eigenvalue weighted by Gasteiger charge is 2.31. The van der Waals surface area contributed by atoms with Crippen molar-refractivity contribution in [1.82, 2.24) is 0 Å². The lowest BCUT2D eigenvalue weighted by Crippen LogP contribution is -2.33. The average molecular weight is 1110 g/mol. The van der Waals surface area contributed by atoms with Gasteiger partial charge in [-0.1, -0.05) is 61.0 Å². The Morgan fingerprint density at radius 3 is 1.28 bits per heavy atom. The van der Waals surface area contributed by atoms with E-state index in [1.54, 1.807) is 42.5 Å². The highest BCUT2D eigenvalue weighted by Crippen LogP contribution is 2.35. The van der Waals surface area contributed by atoms with Gasteiger partial charge in [0, 0.05) is 30.6 Å². The molecule has 12 rings (SSSR count). The van der Waals surface area contributed by atoms with Crippen LogP contribution in [0.25, 0.3) is 5.76 Å². The Morgan fingerprint density at radius 1 is 0.480 bits per heavy atom. The molecular weight excluding hydrogens is 1050 g/mol. The van der Waals surface area contributed by atoms with E-state index in [0.29, 0.717) is 75.0 Å². The molecule has 2 aliphatic carbocycles. The van der Waals surface area contributed by atoms with Crippen LogP contribution in [0.15, 0.2) is 96.5 Å². The first kappa shape index (κ1) is 53.3. The van der Waals surface area contributed by atoms with Crippen molar-refractivity contribution in [1.29, 1.82) is 0 Å². The quantitative estimate of drug-likeness (QED) is 0.188. The van der Waals surface area contributed by atoms with Crippen LogP contribution in [0.3, 0.4) is 0 Å². The highest BCUT2D eigenvalue weighted by atomic mass is 32.2. The molecule has 8 N–H and O–H groups in total. The molecule has 0 amide bonds. The van der Waals surface area contributed by atoms with Gasteiger partial charge >= 0.3 is 0 Å². The molecule has 4 aromatic rings. The zero-order chi connectivity index (χ0) is 53.1. The third kappa shape index (κ3) is 12.9. The van der Waals surface area contributed by atoms with Crippen LogP contribution in [-0.2, 0) is 72.6 Å². The van der Waals surface area contributed by atoms with E-state index in [9.17, 15) is 33.7 Å². The van der Waals surface area contributed by atoms with E-state index in [1.807, 2.05) is 36.4 Å². The second-order valence-electron chi connectivity index (χ2n) is 18.9. The van der Waals surface area contributed by atoms with E-state index < -0.39 is 40.1 Å². The van der Waals surface area contributed by atoms with Gasteiger partial charge in [-0.2, -0.15) is 0 Å². The number of amidine groups is 4. The first-order valence-electron chi connectivity index (χ1n) is 24.4. The van der Waals surface area contributed by atoms with Gasteiger partial charge in [0.1, 0.15) is 53.0 Å². The van der Waals surface area contributed by atoms with Crippen LogP contribution in [0.5, 0.6) is 17.2 Å². The number of nitrogens with two attached hydrogens (primary N) is 4. The van der Waals surface area contributed by atoms with Crippen molar-refractivity contribution in [2.45, 2.75) is 106 Å². The van der Waals surface area contributed by atoms with Gasteiger partial charge in [-0.25, -0.2) is 33.7 Å². The molecule has 0 aromatic heterocycles. The predicted octanol–water partition coefficient (Wildman–Crippen LogP) is 4.51. The SMILES string of the molecule is NC1=NS(=O)(=O)Cc2cccc(C3=CCCO3)c21.NC1=NS(=O)(=O)Cc2cccc(OC3CCC3)c21.NC1=NS(=O)(=O)Cc2cccc(OC3CCCCC3)c21.NC1=NS(=O)(=O)Cc2cccc(OCC3CCO3)c21. The van der Waals surface area contributed by atoms with E-state index in [1.165, 1.54) is 25.7 Å². The number of sulfonamides is 4. The molecule has 8 aliphatic rings. The summed E-state index contributed by atoms with van der Waals surface area (Å²) in [5.41, 5.74) is 29.1. The van der Waals surface area contributed by atoms with Gasteiger partial charge in [0.05, 0.1) is 64.6 Å². The second-order valence-corrected chi connectivity index (χ2v) is 25.4. The minimum absolute atomic E-state index is 0.00798. The lowest BCUT2D eigenvalue weighted by Gasteiger charge is -2.28. The van der Waals surface area contributed by atoms with Crippen LogP contribution in [-0.4, -0.2) is 95.1 Å². The van der Waals surface area contributed by atoms with Gasteiger partial charge in [-0.15, -0.1) is 17.6 Å². The van der Waals surface area contributed by atoms with Crippen molar-refractivity contribution in [3.8, 4) is 17.2 Å². The van der Waals surface area contributed by atoms with E-state index in [-0.39, 0.29) is 64.7 Å². The van der Waals surface area contributed by atoms with E-state index in [0.717, 1.165) is 56.5 Å². The zero-order valence-electron chi connectivity index (χ0n) is 40.8. The summed E-state index contributed by atoms with van der Waals surface area (Å²) >= 11 is 0. The molecule has 21 nitrogen and oxygen atoms in total. The molecular formula is C50H58N8O13S4. The Balaban J connectivity index is 0.000000123. The molecule has 4 aromatic carbocycles. The molecule has 6 heterocycles. The molecule has 6 aliphatic heterocycles. The van der Waals surface area contributed by atoms with Crippen LogP contribution in [0.1, 0.15) is 114 Å². The van der Waals surface area contributed by atoms with Crippen molar-refractivity contribution < 1.29 is 57.4 Å². The first-order valence-corrected chi connectivity index (χ1v) is 30.9. The fourth-order valence-electron chi connectivity index (χ4n) is 9.44. The number of ether oxygens (including phenoxy) is 5. The van der Waals surface area contributed by atoms with Crippen LogP contribution >= 0.6 is 0 Å². The normalized spacial score (nSPS) is 22.1. The van der Waals surface area contributed by atoms with Crippen molar-refractivity contribution in [2.75, 3.05) is 19.8 Å². The third-order valence-corrected chi connectivity index (χ3v) is 17.8. The molecule has 25 heteroatoms. The Morgan fingerprint density at radius 2 is 0.880 bits per heavy atom. The molecule has 400 valence electrons. The first-order chi connectivity index (χ1) is 35.7. The molecule has 1 atom stereocenters. The molecule has 0 radical (unpaired) electrons. The van der Waals surface area contributed by atoms with Crippen molar-refractivity contribution in [3.63, 3.8) is 0 Å². The number of hydrogen-bond acceptors (Lipinski definition) is 17. The molecule has 1 unspecified atom stereocenters. The molecule has 1 saturated heterocycles. The molecule has 3 fully saturated rings. The number of nitrogens with zero attached hydrogens (tertiary/aromatic N) is 4. The Labute approximate surface area is 436 Å². The summed E-state index contributed by atoms with van der Waals surface area (Å²) in [5, 5.41) is 0. The highest BCUT2D eigenvalue weighted by molar-refractivity contribution is 7.90. The number of hydrogen-bond donors (Lipinski definition) is 4.